The highest BCUT2D eigenvalue weighted by Gasteiger charge is 2.38. The van der Waals surface area contributed by atoms with Crippen LogP contribution in [0.15, 0.2) is 48.8 Å². The highest BCUT2D eigenvalue weighted by molar-refractivity contribution is 7.89. The summed E-state index contributed by atoms with van der Waals surface area (Å²) < 4.78 is 42.8. The highest BCUT2D eigenvalue weighted by Crippen LogP contribution is 2.45. The summed E-state index contributed by atoms with van der Waals surface area (Å²) in [4.78, 5) is 12.8. The van der Waals surface area contributed by atoms with E-state index in [4.69, 9.17) is 4.74 Å². The maximum Gasteiger partial charge on any atom is 0.230 e. The quantitative estimate of drug-likeness (QED) is 0.560. The molecule has 1 heterocycles. The van der Waals surface area contributed by atoms with E-state index in [9.17, 15) is 12.8 Å². The summed E-state index contributed by atoms with van der Waals surface area (Å²) in [5.41, 5.74) is 2.02. The fourth-order valence-corrected chi connectivity index (χ4v) is 3.85. The molecule has 0 bridgehead atoms. The van der Waals surface area contributed by atoms with Crippen LogP contribution in [-0.2, 0) is 15.6 Å². The third-order valence-corrected chi connectivity index (χ3v) is 5.91. The predicted octanol–water partition coefficient (Wildman–Crippen LogP) is 4.14. The molecule has 0 unspecified atom stereocenters. The molecule has 1 saturated carbocycles. The largest absolute Gasteiger partial charge is 0.492 e. The van der Waals surface area contributed by atoms with Gasteiger partial charge in [0.1, 0.15) is 17.9 Å². The van der Waals surface area contributed by atoms with Gasteiger partial charge in [-0.2, -0.15) is 4.98 Å². The van der Waals surface area contributed by atoms with Gasteiger partial charge in [0.15, 0.2) is 15.7 Å². The van der Waals surface area contributed by atoms with E-state index < -0.39 is 15.7 Å². The van der Waals surface area contributed by atoms with Crippen molar-refractivity contribution in [3.8, 4) is 17.1 Å². The number of nitrogens with zero attached hydrogens (tertiary/aromatic N) is 3. The number of sulfone groups is 1. The number of halogens is 1. The van der Waals surface area contributed by atoms with Gasteiger partial charge in [-0.15, -0.1) is 0 Å². The Morgan fingerprint density at radius 3 is 2.71 bits per heavy atom. The Balaban J connectivity index is 1.57. The minimum absolute atomic E-state index is 0.0554. The topological polar surface area (TPSA) is 94.1 Å². The zero-order valence-corrected chi connectivity index (χ0v) is 18.1. The van der Waals surface area contributed by atoms with Crippen molar-refractivity contribution in [1.29, 1.82) is 0 Å². The van der Waals surface area contributed by atoms with Crippen molar-refractivity contribution < 1.29 is 17.5 Å². The Labute approximate surface area is 180 Å². The molecule has 1 fully saturated rings. The van der Waals surface area contributed by atoms with Crippen molar-refractivity contribution in [3.63, 3.8) is 0 Å². The maximum absolute atomic E-state index is 13.8. The molecule has 31 heavy (non-hydrogen) atoms. The Bertz CT molecular complexity index is 1210. The molecule has 4 rings (SSSR count). The first-order valence-corrected chi connectivity index (χ1v) is 11.9. The van der Waals surface area contributed by atoms with Gasteiger partial charge in [0.25, 0.3) is 0 Å². The summed E-state index contributed by atoms with van der Waals surface area (Å²) in [7, 11) is -3.14. The lowest BCUT2D eigenvalue weighted by molar-refractivity contribution is 0.247. The molecule has 162 valence electrons. The second kappa shape index (κ2) is 8.22. The van der Waals surface area contributed by atoms with E-state index in [1.54, 1.807) is 30.3 Å². The highest BCUT2D eigenvalue weighted by atomic mass is 32.2. The summed E-state index contributed by atoms with van der Waals surface area (Å²) in [5, 5.41) is 3.07. The molecule has 1 N–H and O–H groups in total. The van der Waals surface area contributed by atoms with Gasteiger partial charge in [-0.1, -0.05) is 19.1 Å². The van der Waals surface area contributed by atoms with Crippen LogP contribution in [0.5, 0.6) is 5.75 Å². The van der Waals surface area contributed by atoms with E-state index in [2.05, 4.69) is 27.2 Å². The number of ether oxygens (including phenoxy) is 1. The third kappa shape index (κ3) is 5.75. The SMILES string of the molecule is CC1(COc2cc(F)ccc2-c2ncnc(Nc3cccc(CS(C)(=O)=O)c3)n2)CC1. The van der Waals surface area contributed by atoms with Crippen molar-refractivity contribution in [3.05, 3.63) is 60.2 Å². The summed E-state index contributed by atoms with van der Waals surface area (Å²) in [6.07, 6.45) is 4.74. The van der Waals surface area contributed by atoms with Gasteiger partial charge >= 0.3 is 0 Å². The number of anilines is 2. The molecule has 9 heteroatoms. The van der Waals surface area contributed by atoms with E-state index in [0.29, 0.717) is 35.0 Å². The summed E-state index contributed by atoms with van der Waals surface area (Å²) in [5.74, 6) is 0.571. The summed E-state index contributed by atoms with van der Waals surface area (Å²) in [6, 6.07) is 11.3. The number of hydrogen-bond acceptors (Lipinski definition) is 7. The van der Waals surface area contributed by atoms with E-state index >= 15 is 0 Å². The minimum atomic E-state index is -3.14. The first-order chi connectivity index (χ1) is 14.7. The number of hydrogen-bond donors (Lipinski definition) is 1. The van der Waals surface area contributed by atoms with Gasteiger partial charge in [-0.3, -0.25) is 0 Å². The number of nitrogens with one attached hydrogen (secondary N) is 1. The van der Waals surface area contributed by atoms with Gasteiger partial charge in [-0.05, 0) is 42.7 Å². The second-order valence-electron chi connectivity index (χ2n) is 8.27. The Kier molecular flexibility index (Phi) is 5.62. The first kappa shape index (κ1) is 21.2. The maximum atomic E-state index is 13.8. The zero-order chi connectivity index (χ0) is 22.1. The Morgan fingerprint density at radius 2 is 1.97 bits per heavy atom. The van der Waals surface area contributed by atoms with Crippen molar-refractivity contribution in [2.24, 2.45) is 5.41 Å². The van der Waals surface area contributed by atoms with Crippen molar-refractivity contribution >= 4 is 21.5 Å². The molecule has 1 aromatic heterocycles. The number of rotatable bonds is 8. The van der Waals surface area contributed by atoms with Crippen LogP contribution < -0.4 is 10.1 Å². The van der Waals surface area contributed by atoms with Crippen LogP contribution in [0.2, 0.25) is 0 Å². The van der Waals surface area contributed by atoms with Gasteiger partial charge in [-0.25, -0.2) is 22.8 Å². The van der Waals surface area contributed by atoms with E-state index in [-0.39, 0.29) is 17.1 Å². The fraction of sp³-hybridized carbons (Fsp3) is 0.318. The molecule has 0 radical (unpaired) electrons. The van der Waals surface area contributed by atoms with E-state index in [1.165, 1.54) is 24.7 Å². The number of aromatic nitrogens is 3. The van der Waals surface area contributed by atoms with Crippen LogP contribution >= 0.6 is 0 Å². The lowest BCUT2D eigenvalue weighted by Gasteiger charge is -2.14. The summed E-state index contributed by atoms with van der Waals surface area (Å²) >= 11 is 0. The van der Waals surface area contributed by atoms with Crippen molar-refractivity contribution in [2.75, 3.05) is 18.2 Å². The molecular formula is C22H23FN4O3S. The molecule has 2 aromatic carbocycles. The Hall–Kier alpha value is -3.07. The van der Waals surface area contributed by atoms with Gasteiger partial charge in [0.2, 0.25) is 5.95 Å². The van der Waals surface area contributed by atoms with E-state index in [1.807, 2.05) is 0 Å². The molecule has 0 atom stereocenters. The monoisotopic (exact) mass is 442 g/mol. The lowest BCUT2D eigenvalue weighted by atomic mass is 10.1. The first-order valence-electron chi connectivity index (χ1n) is 9.85. The molecule has 0 spiro atoms. The van der Waals surface area contributed by atoms with Crippen LogP contribution in [0, 0.1) is 11.2 Å². The van der Waals surface area contributed by atoms with Gasteiger partial charge < -0.3 is 10.1 Å². The zero-order valence-electron chi connectivity index (χ0n) is 17.3. The van der Waals surface area contributed by atoms with Crippen molar-refractivity contribution in [1.82, 2.24) is 15.0 Å². The second-order valence-corrected chi connectivity index (χ2v) is 10.4. The Morgan fingerprint density at radius 1 is 1.16 bits per heavy atom. The third-order valence-electron chi connectivity index (χ3n) is 5.05. The fourth-order valence-electron chi connectivity index (χ4n) is 3.07. The lowest BCUT2D eigenvalue weighted by Crippen LogP contribution is -2.10. The predicted molar refractivity (Wildman–Crippen MR) is 116 cm³/mol. The molecule has 3 aromatic rings. The molecule has 1 aliphatic carbocycles. The van der Waals surface area contributed by atoms with Crippen LogP contribution in [-0.4, -0.2) is 36.2 Å². The van der Waals surface area contributed by atoms with Crippen LogP contribution in [0.3, 0.4) is 0 Å². The average Bonchev–Trinajstić information content (AvgIpc) is 3.43. The molecule has 1 aliphatic rings. The van der Waals surface area contributed by atoms with Gasteiger partial charge in [0, 0.05) is 23.4 Å². The smallest absolute Gasteiger partial charge is 0.230 e. The number of benzene rings is 2. The molecule has 7 nitrogen and oxygen atoms in total. The molecular weight excluding hydrogens is 419 g/mol. The van der Waals surface area contributed by atoms with Crippen LogP contribution in [0.1, 0.15) is 25.3 Å². The van der Waals surface area contributed by atoms with Crippen LogP contribution in [0.4, 0.5) is 16.0 Å². The van der Waals surface area contributed by atoms with Gasteiger partial charge in [0.05, 0.1) is 17.9 Å². The molecule has 0 aliphatic heterocycles. The molecule has 0 saturated heterocycles. The van der Waals surface area contributed by atoms with E-state index in [0.717, 1.165) is 12.8 Å². The summed E-state index contributed by atoms with van der Waals surface area (Å²) in [6.45, 7) is 2.64. The van der Waals surface area contributed by atoms with Crippen molar-refractivity contribution in [2.45, 2.75) is 25.5 Å². The standard InChI is InChI=1S/C22H23FN4O3S/c1-22(8-9-22)13-30-19-11-16(23)6-7-18(19)20-24-14-25-21(27-20)26-17-5-3-4-15(10-17)12-31(2,28)29/h3-7,10-11,14H,8-9,12-13H2,1-2H3,(H,24,25,26,27). The normalized spacial score (nSPS) is 14.8. The van der Waals surface area contributed by atoms with Crippen LogP contribution in [0.25, 0.3) is 11.4 Å². The molecule has 0 amide bonds. The minimum Gasteiger partial charge on any atom is -0.492 e. The average molecular weight is 443 g/mol.